The van der Waals surface area contributed by atoms with Crippen LogP contribution in [0, 0.1) is 22.7 Å². The number of hydrogen-bond acceptors (Lipinski definition) is 2. The van der Waals surface area contributed by atoms with Crippen LogP contribution in [0.5, 0.6) is 0 Å². The Morgan fingerprint density at radius 2 is 1.89 bits per heavy atom. The second kappa shape index (κ2) is 4.73. The van der Waals surface area contributed by atoms with Crippen molar-refractivity contribution in [2.75, 3.05) is 19.6 Å². The van der Waals surface area contributed by atoms with E-state index in [-0.39, 0.29) is 5.54 Å². The molecule has 0 bridgehead atoms. The van der Waals surface area contributed by atoms with Crippen LogP contribution in [0.15, 0.2) is 0 Å². The zero-order valence-electron chi connectivity index (χ0n) is 13.9. The van der Waals surface area contributed by atoms with Crippen molar-refractivity contribution in [3.05, 3.63) is 0 Å². The van der Waals surface area contributed by atoms with Crippen LogP contribution in [0.2, 0.25) is 0 Å². The van der Waals surface area contributed by atoms with Gasteiger partial charge in [-0.2, -0.15) is 0 Å². The van der Waals surface area contributed by atoms with Crippen LogP contribution in [0.25, 0.3) is 0 Å². The smallest absolute Gasteiger partial charge is 0.0362 e. The lowest BCUT2D eigenvalue weighted by molar-refractivity contribution is 0.0721. The normalized spacial score (nSPS) is 39.9. The Hall–Kier alpha value is -0.0800. The summed E-state index contributed by atoms with van der Waals surface area (Å²) < 4.78 is 0. The number of nitrogens with zero attached hydrogens (tertiary/aromatic N) is 1. The zero-order chi connectivity index (χ0) is 14.5. The van der Waals surface area contributed by atoms with Crippen molar-refractivity contribution in [2.45, 2.75) is 66.3 Å². The molecular formula is C17H34N2. The summed E-state index contributed by atoms with van der Waals surface area (Å²) in [5.41, 5.74) is 7.43. The molecule has 112 valence electrons. The van der Waals surface area contributed by atoms with Gasteiger partial charge in [0.05, 0.1) is 0 Å². The third-order valence-corrected chi connectivity index (χ3v) is 5.96. The van der Waals surface area contributed by atoms with Crippen molar-refractivity contribution in [1.29, 1.82) is 0 Å². The van der Waals surface area contributed by atoms with Crippen LogP contribution < -0.4 is 5.73 Å². The van der Waals surface area contributed by atoms with Crippen LogP contribution in [-0.2, 0) is 0 Å². The Kier molecular flexibility index (Phi) is 3.81. The lowest BCUT2D eigenvalue weighted by atomic mass is 9.80. The van der Waals surface area contributed by atoms with Crippen molar-refractivity contribution >= 4 is 0 Å². The van der Waals surface area contributed by atoms with Gasteiger partial charge in [-0.1, -0.05) is 41.5 Å². The molecule has 3 atom stereocenters. The highest BCUT2D eigenvalue weighted by Crippen LogP contribution is 2.51. The summed E-state index contributed by atoms with van der Waals surface area (Å²) in [7, 11) is 0. The van der Waals surface area contributed by atoms with Gasteiger partial charge in [-0.25, -0.2) is 0 Å². The molecule has 0 spiro atoms. The fourth-order valence-corrected chi connectivity index (χ4v) is 4.79. The molecule has 1 heterocycles. The van der Waals surface area contributed by atoms with E-state index < -0.39 is 0 Å². The van der Waals surface area contributed by atoms with Crippen LogP contribution in [-0.4, -0.2) is 30.1 Å². The minimum atomic E-state index is 0.267. The van der Waals surface area contributed by atoms with Gasteiger partial charge in [-0.05, 0) is 48.5 Å². The van der Waals surface area contributed by atoms with Crippen LogP contribution in [0.4, 0.5) is 0 Å². The first kappa shape index (κ1) is 15.3. The van der Waals surface area contributed by atoms with Gasteiger partial charge >= 0.3 is 0 Å². The van der Waals surface area contributed by atoms with Crippen LogP contribution in [0.3, 0.4) is 0 Å². The second-order valence-corrected chi connectivity index (χ2v) is 9.05. The highest BCUT2D eigenvalue weighted by Gasteiger charge is 2.53. The molecule has 19 heavy (non-hydrogen) atoms. The van der Waals surface area contributed by atoms with E-state index >= 15 is 0 Å². The molecule has 0 aromatic heterocycles. The first-order valence-corrected chi connectivity index (χ1v) is 8.06. The molecule has 1 aliphatic heterocycles. The molecule has 0 aromatic rings. The molecule has 2 aliphatic rings. The van der Waals surface area contributed by atoms with E-state index in [0.717, 1.165) is 18.4 Å². The second-order valence-electron chi connectivity index (χ2n) is 9.05. The van der Waals surface area contributed by atoms with E-state index in [1.165, 1.54) is 32.4 Å². The summed E-state index contributed by atoms with van der Waals surface area (Å²) >= 11 is 0. The number of nitrogens with two attached hydrogens (primary N) is 1. The summed E-state index contributed by atoms with van der Waals surface area (Å²) in [6, 6.07) is 0. The van der Waals surface area contributed by atoms with Gasteiger partial charge in [0.15, 0.2) is 0 Å². The molecule has 1 saturated heterocycles. The lowest BCUT2D eigenvalue weighted by Crippen LogP contribution is -2.55. The van der Waals surface area contributed by atoms with E-state index in [0.29, 0.717) is 10.8 Å². The van der Waals surface area contributed by atoms with Crippen molar-refractivity contribution < 1.29 is 0 Å². The van der Waals surface area contributed by atoms with Gasteiger partial charge in [0, 0.05) is 18.6 Å². The standard InChI is InChI=1S/C17H34N2/c1-13-9-16(5,6)11-17(13,12-18)19-8-7-14(10-19)15(2,3)4/h13-14H,7-12,18H2,1-6H3. The van der Waals surface area contributed by atoms with Gasteiger partial charge in [0.1, 0.15) is 0 Å². The van der Waals surface area contributed by atoms with Crippen molar-refractivity contribution in [3.63, 3.8) is 0 Å². The first-order valence-electron chi connectivity index (χ1n) is 8.06. The topological polar surface area (TPSA) is 29.3 Å². The monoisotopic (exact) mass is 266 g/mol. The van der Waals surface area contributed by atoms with Gasteiger partial charge in [-0.15, -0.1) is 0 Å². The van der Waals surface area contributed by atoms with Crippen molar-refractivity contribution in [1.82, 2.24) is 4.90 Å². The summed E-state index contributed by atoms with van der Waals surface area (Å²) in [6.45, 7) is 17.7. The summed E-state index contributed by atoms with van der Waals surface area (Å²) in [5, 5.41) is 0. The highest BCUT2D eigenvalue weighted by molar-refractivity contribution is 5.08. The molecule has 2 rings (SSSR count). The Morgan fingerprint density at radius 1 is 1.26 bits per heavy atom. The van der Waals surface area contributed by atoms with Gasteiger partial charge in [-0.3, -0.25) is 4.90 Å². The summed E-state index contributed by atoms with van der Waals surface area (Å²) in [4.78, 5) is 2.75. The van der Waals surface area contributed by atoms with Gasteiger partial charge in [0.25, 0.3) is 0 Å². The maximum atomic E-state index is 6.27. The number of hydrogen-bond donors (Lipinski definition) is 1. The van der Waals surface area contributed by atoms with E-state index in [9.17, 15) is 0 Å². The first-order chi connectivity index (χ1) is 8.61. The highest BCUT2D eigenvalue weighted by atomic mass is 15.2. The predicted octanol–water partition coefficient (Wildman–Crippen LogP) is 3.51. The quantitative estimate of drug-likeness (QED) is 0.829. The van der Waals surface area contributed by atoms with Crippen LogP contribution in [0.1, 0.15) is 60.8 Å². The van der Waals surface area contributed by atoms with E-state index in [1.54, 1.807) is 0 Å². The minimum absolute atomic E-state index is 0.267. The third kappa shape index (κ3) is 2.71. The maximum absolute atomic E-state index is 6.27. The molecule has 0 amide bonds. The van der Waals surface area contributed by atoms with Gasteiger partial charge < -0.3 is 5.73 Å². The van der Waals surface area contributed by atoms with Gasteiger partial charge in [0.2, 0.25) is 0 Å². The molecule has 2 fully saturated rings. The largest absolute Gasteiger partial charge is 0.329 e. The summed E-state index contributed by atoms with van der Waals surface area (Å²) in [6.07, 6.45) is 3.94. The molecular weight excluding hydrogens is 232 g/mol. The molecule has 1 saturated carbocycles. The Labute approximate surface area is 120 Å². The van der Waals surface area contributed by atoms with Crippen molar-refractivity contribution in [2.24, 2.45) is 28.4 Å². The Bertz CT molecular complexity index is 329. The fourth-order valence-electron chi connectivity index (χ4n) is 4.79. The SMILES string of the molecule is CC1CC(C)(C)CC1(CN)N1CCC(C(C)(C)C)C1. The van der Waals surface area contributed by atoms with E-state index in [2.05, 4.69) is 46.4 Å². The lowest BCUT2D eigenvalue weighted by Gasteiger charge is -2.43. The summed E-state index contributed by atoms with van der Waals surface area (Å²) in [5.74, 6) is 1.55. The van der Waals surface area contributed by atoms with Crippen molar-refractivity contribution in [3.8, 4) is 0 Å². The van der Waals surface area contributed by atoms with Crippen LogP contribution >= 0.6 is 0 Å². The predicted molar refractivity (Wildman–Crippen MR) is 83.1 cm³/mol. The number of rotatable bonds is 2. The molecule has 0 aromatic carbocycles. The average molecular weight is 266 g/mol. The fraction of sp³-hybridized carbons (Fsp3) is 1.00. The molecule has 1 aliphatic carbocycles. The molecule has 3 unspecified atom stereocenters. The van der Waals surface area contributed by atoms with E-state index in [4.69, 9.17) is 5.73 Å². The average Bonchev–Trinajstić information content (AvgIpc) is 2.80. The molecule has 2 N–H and O–H groups in total. The molecule has 0 radical (unpaired) electrons. The van der Waals surface area contributed by atoms with E-state index in [1.807, 2.05) is 0 Å². The minimum Gasteiger partial charge on any atom is -0.329 e. The third-order valence-electron chi connectivity index (χ3n) is 5.96. The number of likely N-dealkylation sites (tertiary alicyclic amines) is 1. The molecule has 2 nitrogen and oxygen atoms in total. The molecule has 2 heteroatoms. The Balaban J connectivity index is 2.16. The maximum Gasteiger partial charge on any atom is 0.0362 e. The Morgan fingerprint density at radius 3 is 2.26 bits per heavy atom. The zero-order valence-corrected chi connectivity index (χ0v) is 13.9.